The highest BCUT2D eigenvalue weighted by molar-refractivity contribution is 7.91. The van der Waals surface area contributed by atoms with Gasteiger partial charge in [0.05, 0.1) is 23.7 Å². The van der Waals surface area contributed by atoms with Gasteiger partial charge in [-0.25, -0.2) is 13.4 Å². The van der Waals surface area contributed by atoms with E-state index in [1.807, 2.05) is 11.8 Å². The molecule has 1 aromatic heterocycles. The molecule has 23 heavy (non-hydrogen) atoms. The number of hydrogen-bond acceptors (Lipinski definition) is 6. The number of anilines is 1. The molecule has 1 atom stereocenters. The fraction of sp³-hybridized carbons (Fsp3) is 0.600. The summed E-state index contributed by atoms with van der Waals surface area (Å²) in [5.74, 6) is 0.895. The molecule has 1 N–H and O–H groups in total. The molecule has 0 aliphatic carbocycles. The molecule has 2 rings (SSSR count). The largest absolute Gasteiger partial charge is 0.383 e. The van der Waals surface area contributed by atoms with Crippen LogP contribution in [0, 0.1) is 0 Å². The Morgan fingerprint density at radius 1 is 1.48 bits per heavy atom. The lowest BCUT2D eigenvalue weighted by Crippen LogP contribution is -2.36. The van der Waals surface area contributed by atoms with Crippen LogP contribution in [0.2, 0.25) is 0 Å². The number of carbonyl (C=O) groups is 1. The highest BCUT2D eigenvalue weighted by atomic mass is 32.2. The maximum atomic E-state index is 11.9. The van der Waals surface area contributed by atoms with Crippen molar-refractivity contribution in [3.8, 4) is 0 Å². The SMILES string of the molecule is CCN(c1ccc(C(=O)NCCOC)cn1)C1CCS(=O)(=O)C1. The fourth-order valence-electron chi connectivity index (χ4n) is 2.69. The van der Waals surface area contributed by atoms with Gasteiger partial charge in [-0.15, -0.1) is 0 Å². The Kier molecular flexibility index (Phi) is 5.95. The topological polar surface area (TPSA) is 88.6 Å². The van der Waals surface area contributed by atoms with E-state index in [1.165, 1.54) is 6.20 Å². The first-order valence-corrected chi connectivity index (χ1v) is 9.49. The Morgan fingerprint density at radius 2 is 2.26 bits per heavy atom. The zero-order valence-corrected chi connectivity index (χ0v) is 14.3. The number of sulfone groups is 1. The van der Waals surface area contributed by atoms with Gasteiger partial charge < -0.3 is 15.0 Å². The third-order valence-electron chi connectivity index (χ3n) is 3.89. The van der Waals surface area contributed by atoms with Crippen LogP contribution in [0.15, 0.2) is 18.3 Å². The normalized spacial score (nSPS) is 19.5. The Morgan fingerprint density at radius 3 is 2.78 bits per heavy atom. The molecule has 0 saturated carbocycles. The smallest absolute Gasteiger partial charge is 0.252 e. The molecule has 2 heterocycles. The third-order valence-corrected chi connectivity index (χ3v) is 5.64. The van der Waals surface area contributed by atoms with Gasteiger partial charge in [-0.05, 0) is 25.5 Å². The minimum Gasteiger partial charge on any atom is -0.383 e. The number of rotatable bonds is 7. The quantitative estimate of drug-likeness (QED) is 0.725. The second-order valence-electron chi connectivity index (χ2n) is 5.50. The van der Waals surface area contributed by atoms with Gasteiger partial charge in [0.15, 0.2) is 9.84 Å². The van der Waals surface area contributed by atoms with Gasteiger partial charge in [-0.2, -0.15) is 0 Å². The molecule has 1 saturated heterocycles. The predicted octanol–water partition coefficient (Wildman–Crippen LogP) is 0.471. The zero-order chi connectivity index (χ0) is 16.9. The number of hydrogen-bond donors (Lipinski definition) is 1. The van der Waals surface area contributed by atoms with Gasteiger partial charge in [0, 0.05) is 32.4 Å². The van der Waals surface area contributed by atoms with Crippen molar-refractivity contribution in [2.75, 3.05) is 43.2 Å². The average molecular weight is 341 g/mol. The summed E-state index contributed by atoms with van der Waals surface area (Å²) in [7, 11) is -1.36. The van der Waals surface area contributed by atoms with Crippen LogP contribution in [0.1, 0.15) is 23.7 Å². The summed E-state index contributed by atoms with van der Waals surface area (Å²) in [6, 6.07) is 3.43. The van der Waals surface area contributed by atoms with Crippen LogP contribution in [-0.4, -0.2) is 63.7 Å². The van der Waals surface area contributed by atoms with Crippen molar-refractivity contribution in [2.45, 2.75) is 19.4 Å². The number of carbonyl (C=O) groups excluding carboxylic acids is 1. The number of amides is 1. The van der Waals surface area contributed by atoms with Gasteiger partial charge >= 0.3 is 0 Å². The molecule has 1 unspecified atom stereocenters. The van der Waals surface area contributed by atoms with Crippen LogP contribution in [0.4, 0.5) is 5.82 Å². The second-order valence-corrected chi connectivity index (χ2v) is 7.73. The number of methoxy groups -OCH3 is 1. The van der Waals surface area contributed by atoms with Crippen LogP contribution in [0.5, 0.6) is 0 Å². The number of nitrogens with one attached hydrogen (secondary N) is 1. The average Bonchev–Trinajstić information content (AvgIpc) is 2.89. The van der Waals surface area contributed by atoms with Gasteiger partial charge in [-0.1, -0.05) is 0 Å². The fourth-order valence-corrected chi connectivity index (χ4v) is 4.42. The van der Waals surface area contributed by atoms with Crippen LogP contribution in [0.3, 0.4) is 0 Å². The van der Waals surface area contributed by atoms with E-state index in [1.54, 1.807) is 19.2 Å². The lowest BCUT2D eigenvalue weighted by atomic mass is 10.2. The highest BCUT2D eigenvalue weighted by Gasteiger charge is 2.32. The molecule has 128 valence electrons. The van der Waals surface area contributed by atoms with Crippen molar-refractivity contribution in [1.82, 2.24) is 10.3 Å². The van der Waals surface area contributed by atoms with E-state index >= 15 is 0 Å². The maximum absolute atomic E-state index is 11.9. The molecule has 8 heteroatoms. The van der Waals surface area contributed by atoms with Crippen molar-refractivity contribution in [3.05, 3.63) is 23.9 Å². The predicted molar refractivity (Wildman–Crippen MR) is 88.5 cm³/mol. The summed E-state index contributed by atoms with van der Waals surface area (Å²) in [4.78, 5) is 18.2. The van der Waals surface area contributed by atoms with Gasteiger partial charge in [-0.3, -0.25) is 4.79 Å². The van der Waals surface area contributed by atoms with E-state index in [2.05, 4.69) is 10.3 Å². The van der Waals surface area contributed by atoms with Gasteiger partial charge in [0.25, 0.3) is 5.91 Å². The van der Waals surface area contributed by atoms with E-state index < -0.39 is 9.84 Å². The molecule has 1 amide bonds. The molecule has 1 aromatic rings. The summed E-state index contributed by atoms with van der Waals surface area (Å²) in [6.07, 6.45) is 2.14. The lowest BCUT2D eigenvalue weighted by molar-refractivity contribution is 0.0936. The summed E-state index contributed by atoms with van der Waals surface area (Å²) >= 11 is 0. The van der Waals surface area contributed by atoms with E-state index in [4.69, 9.17) is 4.74 Å². The molecular weight excluding hydrogens is 318 g/mol. The summed E-state index contributed by atoms with van der Waals surface area (Å²) < 4.78 is 28.2. The Balaban J connectivity index is 2.04. The monoisotopic (exact) mass is 341 g/mol. The Labute approximate surface area is 137 Å². The van der Waals surface area contributed by atoms with Crippen LogP contribution < -0.4 is 10.2 Å². The first kappa shape index (κ1) is 17.7. The molecule has 0 radical (unpaired) electrons. The first-order chi connectivity index (χ1) is 11.0. The minimum atomic E-state index is -2.94. The molecule has 0 spiro atoms. The highest BCUT2D eigenvalue weighted by Crippen LogP contribution is 2.22. The van der Waals surface area contributed by atoms with Crippen molar-refractivity contribution in [1.29, 1.82) is 0 Å². The summed E-state index contributed by atoms with van der Waals surface area (Å²) in [6.45, 7) is 3.54. The maximum Gasteiger partial charge on any atom is 0.252 e. The number of nitrogens with zero attached hydrogens (tertiary/aromatic N) is 2. The second kappa shape index (κ2) is 7.74. The Bertz CT molecular complexity index is 631. The van der Waals surface area contributed by atoms with E-state index in [-0.39, 0.29) is 23.5 Å². The van der Waals surface area contributed by atoms with E-state index in [0.717, 1.165) is 0 Å². The van der Waals surface area contributed by atoms with Crippen molar-refractivity contribution >= 4 is 21.6 Å². The summed E-state index contributed by atoms with van der Waals surface area (Å²) in [5.41, 5.74) is 0.472. The van der Waals surface area contributed by atoms with E-state index in [9.17, 15) is 13.2 Å². The molecule has 1 aliphatic rings. The number of pyridine rings is 1. The van der Waals surface area contributed by atoms with Gasteiger partial charge in [0.1, 0.15) is 5.82 Å². The van der Waals surface area contributed by atoms with Gasteiger partial charge in [0.2, 0.25) is 0 Å². The standard InChI is InChI=1S/C15H23N3O4S/c1-3-18(13-6-9-23(20,21)11-13)14-5-4-12(10-17-14)15(19)16-7-8-22-2/h4-5,10,13H,3,6-9,11H2,1-2H3,(H,16,19). The van der Waals surface area contributed by atoms with Crippen molar-refractivity contribution < 1.29 is 17.9 Å². The molecule has 1 aliphatic heterocycles. The molecule has 7 nitrogen and oxygen atoms in total. The number of aromatic nitrogens is 1. The zero-order valence-electron chi connectivity index (χ0n) is 13.5. The van der Waals surface area contributed by atoms with Crippen LogP contribution >= 0.6 is 0 Å². The van der Waals surface area contributed by atoms with Crippen molar-refractivity contribution in [3.63, 3.8) is 0 Å². The summed E-state index contributed by atoms with van der Waals surface area (Å²) in [5, 5.41) is 2.73. The first-order valence-electron chi connectivity index (χ1n) is 7.67. The number of ether oxygens (including phenoxy) is 1. The Hall–Kier alpha value is -1.67. The van der Waals surface area contributed by atoms with Crippen molar-refractivity contribution in [2.24, 2.45) is 0 Å². The molecule has 0 bridgehead atoms. The third kappa shape index (κ3) is 4.65. The van der Waals surface area contributed by atoms with Crippen LogP contribution in [0.25, 0.3) is 0 Å². The lowest BCUT2D eigenvalue weighted by Gasteiger charge is -2.27. The van der Waals surface area contributed by atoms with Crippen LogP contribution in [-0.2, 0) is 14.6 Å². The molecule has 0 aromatic carbocycles. The minimum absolute atomic E-state index is 0.0427. The molecular formula is C15H23N3O4S. The molecule has 1 fully saturated rings. The van der Waals surface area contributed by atoms with E-state index in [0.29, 0.717) is 37.5 Å².